The van der Waals surface area contributed by atoms with Crippen molar-refractivity contribution in [2.75, 3.05) is 29.6 Å². The molecule has 0 aliphatic carbocycles. The van der Waals surface area contributed by atoms with Gasteiger partial charge in [-0.25, -0.2) is 4.39 Å². The summed E-state index contributed by atoms with van der Waals surface area (Å²) in [5.41, 5.74) is 0.946. The van der Waals surface area contributed by atoms with Crippen molar-refractivity contribution < 1.29 is 36.9 Å². The summed E-state index contributed by atoms with van der Waals surface area (Å²) < 4.78 is 67.7. The Labute approximate surface area is 253 Å². The van der Waals surface area contributed by atoms with Gasteiger partial charge in [0.25, 0.3) is 0 Å². The summed E-state index contributed by atoms with van der Waals surface area (Å²) in [6.45, 7) is 4.79. The number of nitrogens with zero attached hydrogens (tertiary/aromatic N) is 3. The molecule has 1 fully saturated rings. The van der Waals surface area contributed by atoms with Gasteiger partial charge >= 0.3 is 12.1 Å². The molecule has 0 aromatic heterocycles. The largest absolute Gasteiger partial charge is 0.494 e. The van der Waals surface area contributed by atoms with Crippen LogP contribution in [0.5, 0.6) is 11.5 Å². The van der Waals surface area contributed by atoms with E-state index >= 15 is 0 Å². The Balaban J connectivity index is 1.35. The zero-order valence-corrected chi connectivity index (χ0v) is 24.5. The predicted octanol–water partition coefficient (Wildman–Crippen LogP) is 6.96. The fourth-order valence-corrected chi connectivity index (χ4v) is 6.02. The summed E-state index contributed by atoms with van der Waals surface area (Å²) in [6, 6.07) is 20.3. The second kappa shape index (κ2) is 13.2. The highest BCUT2D eigenvalue weighted by molar-refractivity contribution is 5.96. The first kappa shape index (κ1) is 31.2. The van der Waals surface area contributed by atoms with Gasteiger partial charge < -0.3 is 19.5 Å². The number of rotatable bonds is 10. The number of hydrogen-bond donors (Lipinski definition) is 1. The Morgan fingerprint density at radius 1 is 1.05 bits per heavy atom. The number of alkyl halides is 3. The zero-order valence-electron chi connectivity index (χ0n) is 24.5. The maximum absolute atomic E-state index is 14.9. The lowest BCUT2D eigenvalue weighted by molar-refractivity contribution is -0.137. The first-order valence-corrected chi connectivity index (χ1v) is 14.7. The Bertz CT molecular complexity index is 1470. The minimum absolute atomic E-state index is 0.000649. The van der Waals surface area contributed by atoms with E-state index in [4.69, 9.17) is 9.47 Å². The number of carbonyl (C=O) groups is 1. The number of piperidine rings is 1. The molecule has 2 heterocycles. The van der Waals surface area contributed by atoms with Crippen molar-refractivity contribution in [3.05, 3.63) is 84.2 Å². The molecule has 1 N–H and O–H groups in total. The lowest BCUT2D eigenvalue weighted by atomic mass is 9.88. The molecule has 0 bridgehead atoms. The van der Waals surface area contributed by atoms with Crippen molar-refractivity contribution in [3.8, 4) is 11.5 Å². The van der Waals surface area contributed by atoms with E-state index in [9.17, 15) is 27.5 Å². The van der Waals surface area contributed by atoms with Crippen molar-refractivity contribution in [2.45, 2.75) is 51.4 Å². The number of carboxylic acids is 1. The van der Waals surface area contributed by atoms with Crippen LogP contribution in [0.1, 0.15) is 32.3 Å². The van der Waals surface area contributed by atoms with E-state index in [0.29, 0.717) is 55.4 Å². The summed E-state index contributed by atoms with van der Waals surface area (Å²) >= 11 is 0. The maximum Gasteiger partial charge on any atom is 0.431 e. The van der Waals surface area contributed by atoms with Crippen LogP contribution in [0, 0.1) is 17.7 Å². The monoisotopic (exact) mass is 613 g/mol. The number of ether oxygens (including phenoxy) is 2. The number of anilines is 2. The van der Waals surface area contributed by atoms with E-state index < -0.39 is 36.2 Å². The molecule has 11 heteroatoms. The fourth-order valence-electron chi connectivity index (χ4n) is 6.02. The number of benzene rings is 3. The van der Waals surface area contributed by atoms with Crippen LogP contribution in [-0.2, 0) is 11.2 Å². The lowest BCUT2D eigenvalue weighted by Gasteiger charge is -2.40. The highest BCUT2D eigenvalue weighted by atomic mass is 19.4. The topological polar surface area (TPSA) is 74.6 Å². The van der Waals surface area contributed by atoms with Crippen LogP contribution in [0.2, 0.25) is 0 Å². The van der Waals surface area contributed by atoms with Crippen molar-refractivity contribution in [1.29, 1.82) is 0 Å². The van der Waals surface area contributed by atoms with Crippen LogP contribution in [0.3, 0.4) is 0 Å². The minimum Gasteiger partial charge on any atom is -0.494 e. The third kappa shape index (κ3) is 7.09. The molecule has 7 nitrogen and oxygen atoms in total. The molecule has 4 atom stereocenters. The van der Waals surface area contributed by atoms with Crippen LogP contribution in [-0.4, -0.2) is 54.8 Å². The first-order chi connectivity index (χ1) is 21.0. The predicted molar refractivity (Wildman–Crippen MR) is 160 cm³/mol. The smallest absolute Gasteiger partial charge is 0.431 e. The van der Waals surface area contributed by atoms with Crippen molar-refractivity contribution >= 4 is 23.1 Å². The van der Waals surface area contributed by atoms with Gasteiger partial charge in [0.05, 0.1) is 30.4 Å². The number of carboxylic acid groups (broad SMARTS) is 1. The Morgan fingerprint density at radius 3 is 2.41 bits per heavy atom. The SMILES string of the molecule is CCOc1ccc(F)c(N2CCC(Oc3ccc(N4N=C(C(F)(F)F)[C@@H](C)[C@@H]4CC(=O)O)cc3)C(Cc3ccccc3)C2)c1. The fraction of sp³-hybridized carbons (Fsp3) is 0.394. The van der Waals surface area contributed by atoms with Crippen LogP contribution in [0.15, 0.2) is 77.9 Å². The minimum atomic E-state index is -4.66. The number of halogens is 4. The summed E-state index contributed by atoms with van der Waals surface area (Å²) in [6.07, 6.45) is -4.05. The molecule has 0 radical (unpaired) electrons. The van der Waals surface area contributed by atoms with Gasteiger partial charge in [0.15, 0.2) is 0 Å². The molecule has 1 saturated heterocycles. The molecule has 2 unspecified atom stereocenters. The standard InChI is InChI=1S/C33H35F4N3O4/c1-3-43-26-13-14-27(34)29(18-26)39-16-15-30(23(20-39)17-22-7-5-4-6-8-22)44-25-11-9-24(10-12-25)40-28(19-31(41)42)21(2)32(38-40)33(35,36)37/h4-14,18,21,23,28,30H,3,15-17,19-20H2,1-2H3,(H,41,42)/t21-,23?,28-,30?/m0/s1. The molecule has 5 rings (SSSR count). The molecule has 2 aliphatic rings. The van der Waals surface area contributed by atoms with Crippen molar-refractivity contribution in [3.63, 3.8) is 0 Å². The van der Waals surface area contributed by atoms with Crippen LogP contribution < -0.4 is 19.4 Å². The maximum atomic E-state index is 14.9. The first-order valence-electron chi connectivity index (χ1n) is 14.7. The number of aliphatic carboxylic acids is 1. The highest BCUT2D eigenvalue weighted by Crippen LogP contribution is 2.38. The summed E-state index contributed by atoms with van der Waals surface area (Å²) in [7, 11) is 0. The second-order valence-corrected chi connectivity index (χ2v) is 11.2. The molecule has 234 valence electrons. The third-order valence-corrected chi connectivity index (χ3v) is 8.18. The van der Waals surface area contributed by atoms with Crippen molar-refractivity contribution in [2.24, 2.45) is 16.9 Å². The van der Waals surface area contributed by atoms with E-state index in [0.717, 1.165) is 10.6 Å². The quantitative estimate of drug-likeness (QED) is 0.249. The lowest BCUT2D eigenvalue weighted by Crippen LogP contribution is -2.46. The van der Waals surface area contributed by atoms with Crippen LogP contribution in [0.25, 0.3) is 0 Å². The van der Waals surface area contributed by atoms with Gasteiger partial charge in [-0.2, -0.15) is 18.3 Å². The summed E-state index contributed by atoms with van der Waals surface area (Å²) in [5, 5.41) is 14.3. The Morgan fingerprint density at radius 2 is 1.75 bits per heavy atom. The average molecular weight is 614 g/mol. The molecule has 3 aromatic carbocycles. The van der Waals surface area contributed by atoms with Gasteiger partial charge in [-0.1, -0.05) is 37.3 Å². The van der Waals surface area contributed by atoms with Crippen LogP contribution in [0.4, 0.5) is 28.9 Å². The van der Waals surface area contributed by atoms with E-state index in [1.807, 2.05) is 42.2 Å². The molecular weight excluding hydrogens is 578 g/mol. The number of hydrogen-bond acceptors (Lipinski definition) is 6. The molecule has 2 aliphatic heterocycles. The molecular formula is C33H35F4N3O4. The second-order valence-electron chi connectivity index (χ2n) is 11.2. The van der Waals surface area contributed by atoms with E-state index in [1.54, 1.807) is 36.4 Å². The van der Waals surface area contributed by atoms with Crippen molar-refractivity contribution in [1.82, 2.24) is 0 Å². The normalized spacial score (nSPS) is 22.1. The van der Waals surface area contributed by atoms with Gasteiger partial charge in [-0.15, -0.1) is 0 Å². The molecule has 44 heavy (non-hydrogen) atoms. The molecule has 3 aromatic rings. The van der Waals surface area contributed by atoms with E-state index in [1.165, 1.54) is 13.0 Å². The van der Waals surface area contributed by atoms with E-state index in [2.05, 4.69) is 5.10 Å². The van der Waals surface area contributed by atoms with E-state index in [-0.39, 0.29) is 17.8 Å². The zero-order chi connectivity index (χ0) is 31.4. The molecule has 0 spiro atoms. The third-order valence-electron chi connectivity index (χ3n) is 8.18. The van der Waals surface area contributed by atoms with Gasteiger partial charge in [-0.3, -0.25) is 9.80 Å². The summed E-state index contributed by atoms with van der Waals surface area (Å²) in [4.78, 5) is 13.5. The molecule has 0 saturated carbocycles. The van der Waals surface area contributed by atoms with Gasteiger partial charge in [0.2, 0.25) is 0 Å². The highest BCUT2D eigenvalue weighted by Gasteiger charge is 2.48. The Hall–Kier alpha value is -4.28. The van der Waals surface area contributed by atoms with Gasteiger partial charge in [-0.05, 0) is 55.3 Å². The summed E-state index contributed by atoms with van der Waals surface area (Å²) in [5.74, 6) is -1.51. The average Bonchev–Trinajstić information content (AvgIpc) is 3.31. The van der Waals surface area contributed by atoms with Crippen LogP contribution >= 0.6 is 0 Å². The molecule has 0 amide bonds. The number of hydrazone groups is 1. The van der Waals surface area contributed by atoms with Gasteiger partial charge in [0.1, 0.15) is 29.1 Å². The Kier molecular flexibility index (Phi) is 9.31. The van der Waals surface area contributed by atoms with Gasteiger partial charge in [0, 0.05) is 37.4 Å².